The van der Waals surface area contributed by atoms with E-state index in [4.69, 9.17) is 17.3 Å². The lowest BCUT2D eigenvalue weighted by Crippen LogP contribution is -2.30. The molecule has 0 saturated heterocycles. The van der Waals surface area contributed by atoms with Gasteiger partial charge in [0.05, 0.1) is 5.02 Å². The minimum absolute atomic E-state index is 0.0615. The van der Waals surface area contributed by atoms with Crippen LogP contribution in [0.25, 0.3) is 0 Å². The summed E-state index contributed by atoms with van der Waals surface area (Å²) in [7, 11) is -3.77. The quantitative estimate of drug-likeness (QED) is 0.586. The number of rotatable bonds is 8. The maximum absolute atomic E-state index is 12.8. The number of carbonyl (C=O) groups excluding carboxylic acids is 2. The second-order valence-electron chi connectivity index (χ2n) is 6.10. The Morgan fingerprint density at radius 3 is 2.24 bits per heavy atom. The van der Waals surface area contributed by atoms with Crippen molar-refractivity contribution in [3.05, 3.63) is 58.6 Å². The standard InChI is InChI=1S/C19H23ClN4O4S/c1-3-24(4-2)29(27,28)17-11-15(9-10-16(17)20)23-18(25)14-7-5-13(6-8-14)12-22-19(21)26/h5-11H,3-4,12H2,1-2H3,(H,23,25)(H3,21,22,26). The highest BCUT2D eigenvalue weighted by Crippen LogP contribution is 2.28. The molecular formula is C19H23ClN4O4S. The zero-order chi connectivity index (χ0) is 21.6. The Morgan fingerprint density at radius 2 is 1.69 bits per heavy atom. The minimum Gasteiger partial charge on any atom is -0.352 e. The van der Waals surface area contributed by atoms with Crippen molar-refractivity contribution >= 4 is 39.2 Å². The summed E-state index contributed by atoms with van der Waals surface area (Å²) in [6, 6.07) is 10.2. The first-order chi connectivity index (χ1) is 13.7. The van der Waals surface area contributed by atoms with E-state index in [1.807, 2.05) is 0 Å². The molecule has 156 valence electrons. The highest BCUT2D eigenvalue weighted by atomic mass is 35.5. The topological polar surface area (TPSA) is 122 Å². The summed E-state index contributed by atoms with van der Waals surface area (Å²) >= 11 is 6.10. The normalized spacial score (nSPS) is 11.3. The number of nitrogens with two attached hydrogens (primary N) is 1. The number of sulfonamides is 1. The van der Waals surface area contributed by atoms with Gasteiger partial charge in [0.1, 0.15) is 4.90 Å². The van der Waals surface area contributed by atoms with Crippen LogP contribution in [-0.4, -0.2) is 37.8 Å². The Labute approximate surface area is 175 Å². The second kappa shape index (κ2) is 9.73. The maximum Gasteiger partial charge on any atom is 0.312 e. The fourth-order valence-corrected chi connectivity index (χ4v) is 4.61. The van der Waals surface area contributed by atoms with Gasteiger partial charge in [-0.3, -0.25) is 4.79 Å². The van der Waals surface area contributed by atoms with E-state index in [-0.39, 0.29) is 16.5 Å². The smallest absolute Gasteiger partial charge is 0.312 e. The Kier molecular flexibility index (Phi) is 7.60. The van der Waals surface area contributed by atoms with Crippen molar-refractivity contribution in [2.45, 2.75) is 25.3 Å². The molecule has 0 aromatic heterocycles. The average Bonchev–Trinajstić information content (AvgIpc) is 2.68. The highest BCUT2D eigenvalue weighted by molar-refractivity contribution is 7.89. The number of amides is 3. The van der Waals surface area contributed by atoms with Gasteiger partial charge in [0.25, 0.3) is 5.91 Å². The molecule has 0 spiro atoms. The van der Waals surface area contributed by atoms with Crippen LogP contribution in [-0.2, 0) is 16.6 Å². The maximum atomic E-state index is 12.8. The minimum atomic E-state index is -3.77. The van der Waals surface area contributed by atoms with Gasteiger partial charge in [-0.15, -0.1) is 0 Å². The van der Waals surface area contributed by atoms with Crippen LogP contribution in [0.4, 0.5) is 10.5 Å². The molecule has 0 aliphatic carbocycles. The molecule has 0 radical (unpaired) electrons. The molecule has 29 heavy (non-hydrogen) atoms. The number of anilines is 1. The van der Waals surface area contributed by atoms with Crippen LogP contribution in [0.15, 0.2) is 47.4 Å². The van der Waals surface area contributed by atoms with Gasteiger partial charge in [-0.05, 0) is 35.9 Å². The summed E-state index contributed by atoms with van der Waals surface area (Å²) in [6.07, 6.45) is 0. The van der Waals surface area contributed by atoms with Gasteiger partial charge < -0.3 is 16.4 Å². The van der Waals surface area contributed by atoms with E-state index in [1.165, 1.54) is 22.5 Å². The molecule has 2 aromatic carbocycles. The first-order valence-electron chi connectivity index (χ1n) is 8.92. The lowest BCUT2D eigenvalue weighted by Gasteiger charge is -2.19. The highest BCUT2D eigenvalue weighted by Gasteiger charge is 2.25. The van der Waals surface area contributed by atoms with Gasteiger partial charge in [0.15, 0.2) is 0 Å². The van der Waals surface area contributed by atoms with Crippen LogP contribution in [0, 0.1) is 0 Å². The van der Waals surface area contributed by atoms with E-state index in [9.17, 15) is 18.0 Å². The van der Waals surface area contributed by atoms with E-state index in [1.54, 1.807) is 38.1 Å². The van der Waals surface area contributed by atoms with Crippen molar-refractivity contribution in [1.29, 1.82) is 0 Å². The number of halogens is 1. The molecule has 0 fully saturated rings. The number of urea groups is 1. The first-order valence-corrected chi connectivity index (χ1v) is 10.7. The Morgan fingerprint density at radius 1 is 1.07 bits per heavy atom. The average molecular weight is 439 g/mol. The summed E-state index contributed by atoms with van der Waals surface area (Å²) in [5.41, 5.74) is 6.48. The van der Waals surface area contributed by atoms with Gasteiger partial charge in [0.2, 0.25) is 10.0 Å². The van der Waals surface area contributed by atoms with Crippen molar-refractivity contribution < 1.29 is 18.0 Å². The Hall–Kier alpha value is -2.62. The molecule has 10 heteroatoms. The molecule has 0 saturated carbocycles. The van der Waals surface area contributed by atoms with E-state index in [2.05, 4.69) is 10.6 Å². The van der Waals surface area contributed by atoms with Gasteiger partial charge in [-0.2, -0.15) is 4.31 Å². The predicted molar refractivity (Wildman–Crippen MR) is 112 cm³/mol. The molecule has 4 N–H and O–H groups in total. The number of primary amides is 1. The van der Waals surface area contributed by atoms with Crippen molar-refractivity contribution in [3.63, 3.8) is 0 Å². The molecule has 0 atom stereocenters. The third-order valence-corrected chi connectivity index (χ3v) is 6.73. The van der Waals surface area contributed by atoms with E-state index in [0.717, 1.165) is 5.56 Å². The van der Waals surface area contributed by atoms with Crippen LogP contribution in [0.1, 0.15) is 29.8 Å². The molecule has 8 nitrogen and oxygen atoms in total. The predicted octanol–water partition coefficient (Wildman–Crippen LogP) is 2.79. The summed E-state index contributed by atoms with van der Waals surface area (Å²) in [5, 5.41) is 5.22. The van der Waals surface area contributed by atoms with Crippen molar-refractivity contribution in [2.24, 2.45) is 5.73 Å². The van der Waals surface area contributed by atoms with Crippen LogP contribution in [0.2, 0.25) is 5.02 Å². The number of hydrogen-bond acceptors (Lipinski definition) is 4. The van der Waals surface area contributed by atoms with Crippen LogP contribution in [0.3, 0.4) is 0 Å². The van der Waals surface area contributed by atoms with Gasteiger partial charge in [-0.25, -0.2) is 13.2 Å². The zero-order valence-corrected chi connectivity index (χ0v) is 17.7. The molecule has 0 aliphatic rings. The third-order valence-electron chi connectivity index (χ3n) is 4.20. The summed E-state index contributed by atoms with van der Waals surface area (Å²) in [6.45, 7) is 4.35. The fourth-order valence-electron chi connectivity index (χ4n) is 2.65. The lowest BCUT2D eigenvalue weighted by atomic mass is 10.1. The number of nitrogens with zero attached hydrogens (tertiary/aromatic N) is 1. The Bertz CT molecular complexity index is 990. The molecule has 0 bridgehead atoms. The number of hydrogen-bond donors (Lipinski definition) is 3. The molecule has 0 unspecified atom stereocenters. The number of carbonyl (C=O) groups is 2. The van der Waals surface area contributed by atoms with Crippen LogP contribution < -0.4 is 16.4 Å². The largest absolute Gasteiger partial charge is 0.352 e. The summed E-state index contributed by atoms with van der Waals surface area (Å²) in [5.74, 6) is -0.409. The molecule has 0 heterocycles. The molecular weight excluding hydrogens is 416 g/mol. The van der Waals surface area contributed by atoms with Crippen LogP contribution >= 0.6 is 11.6 Å². The van der Waals surface area contributed by atoms with Gasteiger partial charge >= 0.3 is 6.03 Å². The lowest BCUT2D eigenvalue weighted by molar-refractivity contribution is 0.102. The SMILES string of the molecule is CCN(CC)S(=O)(=O)c1cc(NC(=O)c2ccc(CNC(N)=O)cc2)ccc1Cl. The third kappa shape index (κ3) is 5.69. The molecule has 3 amide bonds. The van der Waals surface area contributed by atoms with Crippen molar-refractivity contribution in [1.82, 2.24) is 9.62 Å². The molecule has 0 aliphatic heterocycles. The van der Waals surface area contributed by atoms with Gasteiger partial charge in [-0.1, -0.05) is 37.6 Å². The monoisotopic (exact) mass is 438 g/mol. The molecule has 2 aromatic rings. The fraction of sp³-hybridized carbons (Fsp3) is 0.263. The van der Waals surface area contributed by atoms with Crippen LogP contribution in [0.5, 0.6) is 0 Å². The molecule has 2 rings (SSSR count). The Balaban J connectivity index is 2.20. The summed E-state index contributed by atoms with van der Waals surface area (Å²) < 4.78 is 26.8. The number of benzene rings is 2. The van der Waals surface area contributed by atoms with E-state index < -0.39 is 22.0 Å². The van der Waals surface area contributed by atoms with E-state index >= 15 is 0 Å². The van der Waals surface area contributed by atoms with E-state index in [0.29, 0.717) is 24.3 Å². The number of nitrogens with one attached hydrogen (secondary N) is 2. The second-order valence-corrected chi connectivity index (χ2v) is 8.42. The summed E-state index contributed by atoms with van der Waals surface area (Å²) in [4.78, 5) is 23.2. The first kappa shape index (κ1) is 22.7. The van der Waals surface area contributed by atoms with Crippen molar-refractivity contribution in [2.75, 3.05) is 18.4 Å². The van der Waals surface area contributed by atoms with Gasteiger partial charge in [0, 0.05) is 30.9 Å². The zero-order valence-electron chi connectivity index (χ0n) is 16.1. The van der Waals surface area contributed by atoms with Crippen molar-refractivity contribution in [3.8, 4) is 0 Å².